The number of nitrogens with zero attached hydrogens (tertiary/aromatic N) is 5. The summed E-state index contributed by atoms with van der Waals surface area (Å²) in [5, 5.41) is 17.8. The summed E-state index contributed by atoms with van der Waals surface area (Å²) in [5.41, 5.74) is 2.01. The molecule has 0 saturated carbocycles. The molecular formula is C15H17N5O2. The second kappa shape index (κ2) is 5.51. The number of aromatic nitrogens is 3. The molecule has 7 heteroatoms. The Labute approximate surface area is 127 Å². The minimum absolute atomic E-state index is 0.145. The van der Waals surface area contributed by atoms with E-state index in [1.54, 1.807) is 0 Å². The van der Waals surface area contributed by atoms with Gasteiger partial charge >= 0.3 is 0 Å². The van der Waals surface area contributed by atoms with E-state index in [1.807, 2.05) is 22.8 Å². The van der Waals surface area contributed by atoms with Crippen LogP contribution in [0.5, 0.6) is 0 Å². The van der Waals surface area contributed by atoms with Crippen LogP contribution in [0.15, 0.2) is 29.3 Å². The number of para-hydroxylation sites is 1. The van der Waals surface area contributed by atoms with Gasteiger partial charge in [0.25, 0.3) is 0 Å². The number of ether oxygens (including phenoxy) is 1. The summed E-state index contributed by atoms with van der Waals surface area (Å²) < 4.78 is 7.34. The summed E-state index contributed by atoms with van der Waals surface area (Å²) in [5.74, 6) is 2.26. The molecule has 0 bridgehead atoms. The van der Waals surface area contributed by atoms with Crippen LogP contribution in [-0.2, 0) is 17.9 Å². The molecule has 2 aliphatic heterocycles. The van der Waals surface area contributed by atoms with Crippen molar-refractivity contribution in [1.82, 2.24) is 19.7 Å². The largest absolute Gasteiger partial charge is 0.388 e. The first-order valence-corrected chi connectivity index (χ1v) is 7.39. The van der Waals surface area contributed by atoms with Gasteiger partial charge in [0.1, 0.15) is 19.0 Å². The van der Waals surface area contributed by atoms with Gasteiger partial charge < -0.3 is 14.7 Å². The molecule has 7 nitrogen and oxygen atoms in total. The number of aliphatic hydroxyl groups excluding tert-OH is 1. The highest BCUT2D eigenvalue weighted by Gasteiger charge is 2.25. The molecule has 2 aromatic rings. The number of aliphatic imine (C=N–C) groups is 1. The van der Waals surface area contributed by atoms with Crippen LogP contribution in [0.3, 0.4) is 0 Å². The Hall–Kier alpha value is -2.25. The molecule has 0 aliphatic carbocycles. The van der Waals surface area contributed by atoms with Crippen molar-refractivity contribution in [3.05, 3.63) is 41.5 Å². The fraction of sp³-hybridized carbons (Fsp3) is 0.400. The maximum atomic E-state index is 9.53. The molecule has 4 rings (SSSR count). The average Bonchev–Trinajstić information content (AvgIpc) is 2.92. The number of morpholine rings is 1. The summed E-state index contributed by atoms with van der Waals surface area (Å²) in [6, 6.07) is 8.05. The third-order valence-electron chi connectivity index (χ3n) is 4.01. The Morgan fingerprint density at radius 3 is 2.77 bits per heavy atom. The van der Waals surface area contributed by atoms with Crippen LogP contribution < -0.4 is 0 Å². The van der Waals surface area contributed by atoms with Crippen molar-refractivity contribution in [3.63, 3.8) is 0 Å². The van der Waals surface area contributed by atoms with Crippen LogP contribution in [0.2, 0.25) is 0 Å². The van der Waals surface area contributed by atoms with Crippen LogP contribution in [0.1, 0.15) is 17.2 Å². The Morgan fingerprint density at radius 2 is 1.95 bits per heavy atom. The van der Waals surface area contributed by atoms with Crippen molar-refractivity contribution in [2.75, 3.05) is 26.3 Å². The topological polar surface area (TPSA) is 75.8 Å². The predicted molar refractivity (Wildman–Crippen MR) is 79.9 cm³/mol. The van der Waals surface area contributed by atoms with E-state index in [-0.39, 0.29) is 6.61 Å². The summed E-state index contributed by atoms with van der Waals surface area (Å²) in [4.78, 5) is 7.01. The molecule has 1 fully saturated rings. The number of fused-ring (bicyclic) bond motifs is 3. The van der Waals surface area contributed by atoms with Gasteiger partial charge in [0.15, 0.2) is 11.6 Å². The van der Waals surface area contributed by atoms with Gasteiger partial charge in [-0.1, -0.05) is 12.1 Å². The minimum atomic E-state index is -0.145. The second-order valence-corrected chi connectivity index (χ2v) is 5.28. The number of hydrogen-bond acceptors (Lipinski definition) is 6. The molecule has 3 heterocycles. The molecule has 0 radical (unpaired) electrons. The van der Waals surface area contributed by atoms with Crippen LogP contribution in [0.25, 0.3) is 5.69 Å². The molecule has 114 valence electrons. The molecule has 0 unspecified atom stereocenters. The number of aliphatic hydroxyl groups is 1. The molecule has 0 amide bonds. The molecule has 2 aliphatic rings. The SMILES string of the molecule is OCc1nnc2n1-c1ccccc1C(N1CCOCC1)=NC2. The van der Waals surface area contributed by atoms with Crippen molar-refractivity contribution in [2.45, 2.75) is 13.2 Å². The van der Waals surface area contributed by atoms with E-state index in [9.17, 15) is 5.11 Å². The van der Waals surface area contributed by atoms with Crippen LogP contribution in [0.4, 0.5) is 0 Å². The Morgan fingerprint density at radius 1 is 1.14 bits per heavy atom. The predicted octanol–water partition coefficient (Wildman–Crippen LogP) is 0.352. The smallest absolute Gasteiger partial charge is 0.163 e. The van der Waals surface area contributed by atoms with E-state index in [0.29, 0.717) is 12.4 Å². The quantitative estimate of drug-likeness (QED) is 0.822. The normalized spacial score (nSPS) is 17.5. The standard InChI is InChI=1S/C15H17N5O2/c21-10-14-18-17-13-9-16-15(19-5-7-22-8-6-19)11-3-1-2-4-12(11)20(13)14/h1-4,21H,5-10H2. The zero-order chi connectivity index (χ0) is 14.9. The number of rotatable bonds is 1. The van der Waals surface area contributed by atoms with Gasteiger partial charge in [-0.05, 0) is 12.1 Å². The van der Waals surface area contributed by atoms with E-state index in [1.165, 1.54) is 0 Å². The third-order valence-corrected chi connectivity index (χ3v) is 4.01. The summed E-state index contributed by atoms with van der Waals surface area (Å²) in [6.07, 6.45) is 0. The summed E-state index contributed by atoms with van der Waals surface area (Å²) in [7, 11) is 0. The lowest BCUT2D eigenvalue weighted by Gasteiger charge is -2.30. The van der Waals surface area contributed by atoms with Gasteiger partial charge in [-0.2, -0.15) is 0 Å². The zero-order valence-corrected chi connectivity index (χ0v) is 12.1. The zero-order valence-electron chi connectivity index (χ0n) is 12.1. The van der Waals surface area contributed by atoms with Crippen LogP contribution >= 0.6 is 0 Å². The molecular weight excluding hydrogens is 282 g/mol. The molecule has 1 aromatic heterocycles. The van der Waals surface area contributed by atoms with Gasteiger partial charge in [-0.15, -0.1) is 10.2 Å². The number of hydrogen-bond donors (Lipinski definition) is 1. The first kappa shape index (κ1) is 13.4. The average molecular weight is 299 g/mol. The van der Waals surface area contributed by atoms with E-state index >= 15 is 0 Å². The highest BCUT2D eigenvalue weighted by molar-refractivity contribution is 6.02. The maximum absolute atomic E-state index is 9.53. The van der Waals surface area contributed by atoms with Gasteiger partial charge in [-0.25, -0.2) is 0 Å². The van der Waals surface area contributed by atoms with E-state index < -0.39 is 0 Å². The van der Waals surface area contributed by atoms with Crippen molar-refractivity contribution >= 4 is 5.84 Å². The van der Waals surface area contributed by atoms with E-state index in [4.69, 9.17) is 9.73 Å². The summed E-state index contributed by atoms with van der Waals surface area (Å²) in [6.45, 7) is 3.41. The fourth-order valence-corrected chi connectivity index (χ4v) is 2.97. The van der Waals surface area contributed by atoms with Crippen molar-refractivity contribution in [1.29, 1.82) is 0 Å². The molecule has 0 atom stereocenters. The molecule has 1 aromatic carbocycles. The lowest BCUT2D eigenvalue weighted by molar-refractivity contribution is 0.0682. The van der Waals surface area contributed by atoms with E-state index in [2.05, 4.69) is 21.2 Å². The maximum Gasteiger partial charge on any atom is 0.163 e. The second-order valence-electron chi connectivity index (χ2n) is 5.28. The Balaban J connectivity index is 1.85. The molecule has 1 saturated heterocycles. The molecule has 0 spiro atoms. The first-order valence-electron chi connectivity index (χ1n) is 7.39. The van der Waals surface area contributed by atoms with Gasteiger partial charge in [0.2, 0.25) is 0 Å². The van der Waals surface area contributed by atoms with Crippen LogP contribution in [0, 0.1) is 0 Å². The van der Waals surface area contributed by atoms with Gasteiger partial charge in [0, 0.05) is 18.7 Å². The van der Waals surface area contributed by atoms with Crippen molar-refractivity contribution in [3.8, 4) is 5.69 Å². The summed E-state index contributed by atoms with van der Waals surface area (Å²) >= 11 is 0. The minimum Gasteiger partial charge on any atom is -0.388 e. The highest BCUT2D eigenvalue weighted by Crippen LogP contribution is 2.24. The number of amidine groups is 1. The highest BCUT2D eigenvalue weighted by atomic mass is 16.5. The lowest BCUT2D eigenvalue weighted by atomic mass is 10.1. The van der Waals surface area contributed by atoms with E-state index in [0.717, 1.165) is 49.2 Å². The van der Waals surface area contributed by atoms with Gasteiger partial charge in [0.05, 0.1) is 18.9 Å². The fourth-order valence-electron chi connectivity index (χ4n) is 2.97. The molecule has 1 N–H and O–H groups in total. The van der Waals surface area contributed by atoms with Gasteiger partial charge in [-0.3, -0.25) is 9.56 Å². The van der Waals surface area contributed by atoms with Crippen molar-refractivity contribution < 1.29 is 9.84 Å². The number of benzene rings is 1. The lowest BCUT2D eigenvalue weighted by Crippen LogP contribution is -2.41. The monoisotopic (exact) mass is 299 g/mol. The molecule has 22 heavy (non-hydrogen) atoms. The Bertz CT molecular complexity index is 718. The van der Waals surface area contributed by atoms with Crippen LogP contribution in [-0.4, -0.2) is 56.9 Å². The third kappa shape index (κ3) is 2.10. The Kier molecular flexibility index (Phi) is 3.36. The first-order chi connectivity index (χ1) is 10.9. The van der Waals surface area contributed by atoms with Crippen molar-refractivity contribution in [2.24, 2.45) is 4.99 Å².